The summed E-state index contributed by atoms with van der Waals surface area (Å²) in [6.07, 6.45) is 3.88. The normalized spacial score (nSPS) is 10.9. The minimum absolute atomic E-state index is 0.0402. The number of carbonyl (C=O) groups excluding carboxylic acids is 1. The monoisotopic (exact) mass is 378 g/mol. The molecule has 1 amide bonds. The Morgan fingerprint density at radius 3 is 2.70 bits per heavy atom. The number of imidazole rings is 1. The third kappa shape index (κ3) is 3.18. The van der Waals surface area contributed by atoms with Crippen molar-refractivity contribution in [3.05, 3.63) is 81.5 Å². The van der Waals surface area contributed by atoms with Gasteiger partial charge in [-0.05, 0) is 25.1 Å². The van der Waals surface area contributed by atoms with Crippen molar-refractivity contribution in [3.63, 3.8) is 0 Å². The highest BCUT2D eigenvalue weighted by atomic mass is 32.1. The van der Waals surface area contributed by atoms with Gasteiger partial charge in [0.25, 0.3) is 11.6 Å². The number of fused-ring (bicyclic) bond motifs is 1. The maximum absolute atomic E-state index is 12.5. The van der Waals surface area contributed by atoms with Crippen molar-refractivity contribution >= 4 is 33.6 Å². The lowest BCUT2D eigenvalue weighted by atomic mass is 10.1. The van der Waals surface area contributed by atoms with E-state index >= 15 is 0 Å². The molecular weight excluding hydrogens is 364 g/mol. The number of nitro groups is 1. The molecule has 134 valence electrons. The van der Waals surface area contributed by atoms with E-state index in [4.69, 9.17) is 0 Å². The number of nitrogens with zero attached hydrogens (tertiary/aromatic N) is 3. The SMILES string of the molecule is Cc1cccc(C(=O)Nc2ccc(-c3cn4ccsc4n3)cc2)c1[N+](=O)[O-]. The maximum Gasteiger partial charge on any atom is 0.285 e. The van der Waals surface area contributed by atoms with E-state index in [1.54, 1.807) is 42.5 Å². The fourth-order valence-electron chi connectivity index (χ4n) is 2.87. The summed E-state index contributed by atoms with van der Waals surface area (Å²) in [6.45, 7) is 1.61. The predicted octanol–water partition coefficient (Wildman–Crippen LogP) is 4.53. The van der Waals surface area contributed by atoms with Crippen LogP contribution in [0.1, 0.15) is 15.9 Å². The van der Waals surface area contributed by atoms with Crippen LogP contribution in [0.5, 0.6) is 0 Å². The molecule has 0 radical (unpaired) electrons. The van der Waals surface area contributed by atoms with Gasteiger partial charge in [-0.3, -0.25) is 19.3 Å². The highest BCUT2D eigenvalue weighted by Crippen LogP contribution is 2.26. The number of benzene rings is 2. The zero-order valence-electron chi connectivity index (χ0n) is 14.2. The Kier molecular flexibility index (Phi) is 4.17. The molecule has 2 aromatic carbocycles. The minimum atomic E-state index is -0.530. The smallest absolute Gasteiger partial charge is 0.285 e. The summed E-state index contributed by atoms with van der Waals surface area (Å²) in [4.78, 5) is 28.7. The third-order valence-electron chi connectivity index (χ3n) is 4.20. The average Bonchev–Trinajstić information content (AvgIpc) is 3.23. The number of hydrogen-bond acceptors (Lipinski definition) is 5. The van der Waals surface area contributed by atoms with Crippen LogP contribution in [0.25, 0.3) is 16.2 Å². The summed E-state index contributed by atoms with van der Waals surface area (Å²) in [6, 6.07) is 11.9. The van der Waals surface area contributed by atoms with Gasteiger partial charge >= 0.3 is 0 Å². The van der Waals surface area contributed by atoms with E-state index in [-0.39, 0.29) is 11.3 Å². The van der Waals surface area contributed by atoms with Crippen LogP contribution in [0.4, 0.5) is 11.4 Å². The third-order valence-corrected chi connectivity index (χ3v) is 4.97. The number of nitrogens with one attached hydrogen (secondary N) is 1. The van der Waals surface area contributed by atoms with Crippen LogP contribution in [0.2, 0.25) is 0 Å². The Morgan fingerprint density at radius 2 is 2.00 bits per heavy atom. The molecule has 1 N–H and O–H groups in total. The van der Waals surface area contributed by atoms with Gasteiger partial charge in [0.1, 0.15) is 5.56 Å². The van der Waals surface area contributed by atoms with Gasteiger partial charge < -0.3 is 5.32 Å². The molecule has 0 aliphatic carbocycles. The molecule has 8 heteroatoms. The summed E-state index contributed by atoms with van der Waals surface area (Å²) >= 11 is 1.56. The quantitative estimate of drug-likeness (QED) is 0.417. The van der Waals surface area contributed by atoms with E-state index in [1.807, 2.05) is 34.3 Å². The lowest BCUT2D eigenvalue weighted by molar-refractivity contribution is -0.385. The zero-order chi connectivity index (χ0) is 19.0. The fraction of sp³-hybridized carbons (Fsp3) is 0.0526. The van der Waals surface area contributed by atoms with E-state index in [0.29, 0.717) is 11.3 Å². The van der Waals surface area contributed by atoms with Crippen LogP contribution in [-0.4, -0.2) is 20.2 Å². The molecule has 0 aliphatic rings. The Balaban J connectivity index is 1.57. The summed E-state index contributed by atoms with van der Waals surface area (Å²) < 4.78 is 1.95. The lowest BCUT2D eigenvalue weighted by Gasteiger charge is -2.08. The van der Waals surface area contributed by atoms with Crippen LogP contribution in [0, 0.1) is 17.0 Å². The van der Waals surface area contributed by atoms with Crippen molar-refractivity contribution in [1.29, 1.82) is 0 Å². The standard InChI is InChI=1S/C19H14N4O3S/c1-12-3-2-4-15(17(12)23(25)26)18(24)20-14-7-5-13(6-8-14)16-11-22-9-10-27-19(22)21-16/h2-11H,1H3,(H,20,24). The van der Waals surface area contributed by atoms with Crippen LogP contribution >= 0.6 is 11.3 Å². The molecule has 0 unspecified atom stereocenters. The van der Waals surface area contributed by atoms with Crippen LogP contribution in [-0.2, 0) is 0 Å². The van der Waals surface area contributed by atoms with E-state index in [2.05, 4.69) is 10.3 Å². The van der Waals surface area contributed by atoms with E-state index in [0.717, 1.165) is 16.2 Å². The fourth-order valence-corrected chi connectivity index (χ4v) is 3.57. The number of para-hydroxylation sites is 1. The molecule has 0 bridgehead atoms. The summed E-state index contributed by atoms with van der Waals surface area (Å²) in [5, 5.41) is 16.0. The topological polar surface area (TPSA) is 89.5 Å². The van der Waals surface area contributed by atoms with Gasteiger partial charge in [-0.25, -0.2) is 4.98 Å². The first-order valence-corrected chi connectivity index (χ1v) is 8.99. The molecule has 4 aromatic rings. The summed E-state index contributed by atoms with van der Waals surface area (Å²) in [5.74, 6) is -0.513. The van der Waals surface area contributed by atoms with Crippen LogP contribution in [0.3, 0.4) is 0 Å². The number of carbonyl (C=O) groups is 1. The Hall–Kier alpha value is -3.52. The molecule has 7 nitrogen and oxygen atoms in total. The second-order valence-electron chi connectivity index (χ2n) is 5.98. The Morgan fingerprint density at radius 1 is 1.22 bits per heavy atom. The first-order chi connectivity index (χ1) is 13.0. The highest BCUT2D eigenvalue weighted by molar-refractivity contribution is 7.15. The van der Waals surface area contributed by atoms with Gasteiger partial charge in [-0.15, -0.1) is 11.3 Å². The maximum atomic E-state index is 12.5. The van der Waals surface area contributed by atoms with Crippen LogP contribution < -0.4 is 5.32 Å². The molecule has 2 heterocycles. The van der Waals surface area contributed by atoms with Crippen molar-refractivity contribution in [2.24, 2.45) is 0 Å². The second kappa shape index (κ2) is 6.65. The van der Waals surface area contributed by atoms with Crippen molar-refractivity contribution < 1.29 is 9.72 Å². The van der Waals surface area contributed by atoms with Crippen molar-refractivity contribution in [1.82, 2.24) is 9.38 Å². The van der Waals surface area contributed by atoms with Crippen molar-refractivity contribution in [2.75, 3.05) is 5.32 Å². The molecule has 27 heavy (non-hydrogen) atoms. The number of rotatable bonds is 4. The van der Waals surface area contributed by atoms with Gasteiger partial charge in [0.15, 0.2) is 4.96 Å². The predicted molar refractivity (Wildman–Crippen MR) is 104 cm³/mol. The lowest BCUT2D eigenvalue weighted by Crippen LogP contribution is -2.14. The summed E-state index contributed by atoms with van der Waals surface area (Å²) in [5.41, 5.74) is 2.63. The van der Waals surface area contributed by atoms with Crippen LogP contribution in [0.15, 0.2) is 60.2 Å². The molecule has 0 aliphatic heterocycles. The molecule has 2 aromatic heterocycles. The Labute approximate surface area is 158 Å². The molecule has 0 saturated heterocycles. The number of thiazole rings is 1. The van der Waals surface area contributed by atoms with Gasteiger partial charge in [-0.1, -0.05) is 24.3 Å². The molecule has 0 saturated carbocycles. The van der Waals surface area contributed by atoms with E-state index in [1.165, 1.54) is 6.07 Å². The molecule has 4 rings (SSSR count). The zero-order valence-corrected chi connectivity index (χ0v) is 15.1. The number of nitro benzene ring substituents is 1. The van der Waals surface area contributed by atoms with E-state index < -0.39 is 10.8 Å². The number of anilines is 1. The number of amides is 1. The van der Waals surface area contributed by atoms with Crippen molar-refractivity contribution in [2.45, 2.75) is 6.92 Å². The highest BCUT2D eigenvalue weighted by Gasteiger charge is 2.22. The summed E-state index contributed by atoms with van der Waals surface area (Å²) in [7, 11) is 0. The van der Waals surface area contributed by atoms with Gasteiger partial charge in [0.05, 0.1) is 10.6 Å². The number of aromatic nitrogens is 2. The average molecular weight is 378 g/mol. The largest absolute Gasteiger partial charge is 0.322 e. The molecule has 0 atom stereocenters. The first-order valence-electron chi connectivity index (χ1n) is 8.11. The molecule has 0 spiro atoms. The molecule has 0 fully saturated rings. The van der Waals surface area contributed by atoms with E-state index in [9.17, 15) is 14.9 Å². The van der Waals surface area contributed by atoms with Crippen molar-refractivity contribution in [3.8, 4) is 11.3 Å². The number of hydrogen-bond donors (Lipinski definition) is 1. The second-order valence-corrected chi connectivity index (χ2v) is 6.85. The van der Waals surface area contributed by atoms with Gasteiger partial charge in [0.2, 0.25) is 0 Å². The Bertz CT molecular complexity index is 1130. The first kappa shape index (κ1) is 16.9. The minimum Gasteiger partial charge on any atom is -0.322 e. The number of aryl methyl sites for hydroxylation is 1. The van der Waals surface area contributed by atoms with Gasteiger partial charge in [-0.2, -0.15) is 0 Å². The molecular formula is C19H14N4O3S. The van der Waals surface area contributed by atoms with Gasteiger partial charge in [0, 0.05) is 34.6 Å².